The average Bonchev–Trinajstić information content (AvgIpc) is 2.61. The molecule has 132 valence electrons. The lowest BCUT2D eigenvalue weighted by atomic mass is 10.2. The quantitative estimate of drug-likeness (QED) is 0.657. The third-order valence-electron chi connectivity index (χ3n) is 2.86. The van der Waals surface area contributed by atoms with Crippen molar-refractivity contribution >= 4 is 23.7 Å². The minimum Gasteiger partial charge on any atom is -0.481 e. The predicted molar refractivity (Wildman–Crippen MR) is 90.2 cm³/mol. The highest BCUT2D eigenvalue weighted by Crippen LogP contribution is 2.04. The van der Waals surface area contributed by atoms with Crippen molar-refractivity contribution in [1.29, 1.82) is 0 Å². The Morgan fingerprint density at radius 1 is 0.920 bits per heavy atom. The smallest absolute Gasteiger partial charge is 0.303 e. The number of carbonyl (C=O) groups is 3. The summed E-state index contributed by atoms with van der Waals surface area (Å²) < 4.78 is 0. The molecule has 0 aliphatic heterocycles. The van der Waals surface area contributed by atoms with Gasteiger partial charge in [-0.1, -0.05) is 6.07 Å². The van der Waals surface area contributed by atoms with Crippen LogP contribution in [0.2, 0.25) is 0 Å². The topological polar surface area (TPSA) is 129 Å². The van der Waals surface area contributed by atoms with Gasteiger partial charge < -0.3 is 15.5 Å². The molecule has 0 unspecified atom stereocenters. The van der Waals surface area contributed by atoms with Gasteiger partial charge in [-0.25, -0.2) is 4.98 Å². The molecule has 3 N–H and O–H groups in total. The van der Waals surface area contributed by atoms with Gasteiger partial charge in [-0.15, -0.1) is 0 Å². The van der Waals surface area contributed by atoms with E-state index in [0.717, 1.165) is 0 Å². The lowest BCUT2D eigenvalue weighted by Gasteiger charge is -2.02. The van der Waals surface area contributed by atoms with E-state index in [2.05, 4.69) is 15.3 Å². The molecule has 2 heterocycles. The maximum Gasteiger partial charge on any atom is 0.303 e. The number of amides is 1. The average molecular weight is 345 g/mol. The van der Waals surface area contributed by atoms with E-state index in [1.807, 2.05) is 6.07 Å². The van der Waals surface area contributed by atoms with Crippen LogP contribution in [-0.2, 0) is 9.59 Å². The first-order valence-electron chi connectivity index (χ1n) is 7.55. The fraction of sp³-hybridized carbons (Fsp3) is 0.235. The maximum absolute atomic E-state index is 11.6. The van der Waals surface area contributed by atoms with Crippen LogP contribution < -0.4 is 5.32 Å². The zero-order chi connectivity index (χ0) is 18.5. The Hall–Kier alpha value is -3.29. The van der Waals surface area contributed by atoms with Crippen molar-refractivity contribution in [2.24, 2.45) is 0 Å². The van der Waals surface area contributed by atoms with Gasteiger partial charge in [-0.2, -0.15) is 0 Å². The summed E-state index contributed by atoms with van der Waals surface area (Å²) in [6.45, 7) is 0. The van der Waals surface area contributed by atoms with Gasteiger partial charge in [0.2, 0.25) is 0 Å². The molecule has 0 saturated carbocycles. The summed E-state index contributed by atoms with van der Waals surface area (Å²) in [5.74, 6) is -1.41. The number of pyridine rings is 2. The molecule has 1 amide bonds. The molecule has 0 aliphatic carbocycles. The molecule has 25 heavy (non-hydrogen) atoms. The Morgan fingerprint density at radius 2 is 1.60 bits per heavy atom. The Balaban J connectivity index is 0.000000275. The Labute approximate surface area is 144 Å². The number of hydrogen-bond acceptors (Lipinski definition) is 5. The molecule has 0 atom stereocenters. The second-order valence-electron chi connectivity index (χ2n) is 4.91. The number of carboxylic acids is 2. The Morgan fingerprint density at radius 3 is 2.08 bits per heavy atom. The third-order valence-corrected chi connectivity index (χ3v) is 2.86. The van der Waals surface area contributed by atoms with E-state index in [4.69, 9.17) is 10.2 Å². The van der Waals surface area contributed by atoms with E-state index in [0.29, 0.717) is 24.2 Å². The van der Waals surface area contributed by atoms with Crippen molar-refractivity contribution in [2.45, 2.75) is 25.7 Å². The molecule has 0 spiro atoms. The highest BCUT2D eigenvalue weighted by atomic mass is 16.4. The van der Waals surface area contributed by atoms with Gasteiger partial charge >= 0.3 is 11.9 Å². The van der Waals surface area contributed by atoms with E-state index in [1.165, 1.54) is 6.20 Å². The second-order valence-corrected chi connectivity index (χ2v) is 4.91. The van der Waals surface area contributed by atoms with Gasteiger partial charge in [0.05, 0.1) is 5.56 Å². The summed E-state index contributed by atoms with van der Waals surface area (Å²) in [6.07, 6.45) is 5.78. The summed E-state index contributed by atoms with van der Waals surface area (Å²) in [6, 6.07) is 8.75. The highest BCUT2D eigenvalue weighted by molar-refractivity contribution is 6.03. The van der Waals surface area contributed by atoms with Crippen molar-refractivity contribution < 1.29 is 24.6 Å². The van der Waals surface area contributed by atoms with Crippen LogP contribution in [0.4, 0.5) is 5.82 Å². The van der Waals surface area contributed by atoms with E-state index >= 15 is 0 Å². The number of carboxylic acid groups (broad SMARTS) is 2. The summed E-state index contributed by atoms with van der Waals surface area (Å²) in [5.41, 5.74) is 0.517. The van der Waals surface area contributed by atoms with E-state index in [-0.39, 0.29) is 18.7 Å². The first-order chi connectivity index (χ1) is 12.0. The van der Waals surface area contributed by atoms with Gasteiger partial charge in [-0.3, -0.25) is 19.4 Å². The lowest BCUT2D eigenvalue weighted by Crippen LogP contribution is -2.12. The number of aliphatic carboxylic acids is 2. The molecule has 2 aromatic rings. The van der Waals surface area contributed by atoms with Crippen LogP contribution in [0.5, 0.6) is 0 Å². The molecule has 0 aliphatic rings. The number of aromatic nitrogens is 2. The molecule has 8 heteroatoms. The number of unbranched alkanes of at least 4 members (excludes halogenated alkanes) is 1. The molecule has 0 bridgehead atoms. The first kappa shape index (κ1) is 19.8. The van der Waals surface area contributed by atoms with E-state index < -0.39 is 11.9 Å². The molecule has 0 radical (unpaired) electrons. The normalized spacial score (nSPS) is 9.44. The van der Waals surface area contributed by atoms with Crippen LogP contribution in [-0.4, -0.2) is 38.0 Å². The van der Waals surface area contributed by atoms with Crippen LogP contribution in [0, 0.1) is 0 Å². The first-order valence-corrected chi connectivity index (χ1v) is 7.55. The summed E-state index contributed by atoms with van der Waals surface area (Å²) in [5, 5.41) is 18.9. The van der Waals surface area contributed by atoms with Crippen molar-refractivity contribution in [3.63, 3.8) is 0 Å². The van der Waals surface area contributed by atoms with Crippen molar-refractivity contribution in [3.05, 3.63) is 54.5 Å². The molecular weight excluding hydrogens is 326 g/mol. The van der Waals surface area contributed by atoms with E-state index in [1.54, 1.807) is 36.7 Å². The van der Waals surface area contributed by atoms with Crippen molar-refractivity contribution in [1.82, 2.24) is 9.97 Å². The molecule has 0 fully saturated rings. The van der Waals surface area contributed by atoms with Crippen molar-refractivity contribution in [3.8, 4) is 0 Å². The van der Waals surface area contributed by atoms with Crippen LogP contribution in [0.3, 0.4) is 0 Å². The summed E-state index contributed by atoms with van der Waals surface area (Å²) in [7, 11) is 0. The number of hydrogen-bond donors (Lipinski definition) is 3. The SMILES string of the molecule is O=C(Nc1ccccn1)c1cccnc1.O=C(O)CCCCC(=O)O. The minimum atomic E-state index is -0.870. The van der Waals surface area contributed by atoms with Crippen LogP contribution in [0.15, 0.2) is 48.9 Å². The van der Waals surface area contributed by atoms with Crippen LogP contribution in [0.25, 0.3) is 0 Å². The lowest BCUT2D eigenvalue weighted by molar-refractivity contribution is -0.139. The van der Waals surface area contributed by atoms with Gasteiger partial charge in [0.1, 0.15) is 5.82 Å². The van der Waals surface area contributed by atoms with Crippen molar-refractivity contribution in [2.75, 3.05) is 5.32 Å². The molecule has 2 rings (SSSR count). The minimum absolute atomic E-state index is 0.0628. The zero-order valence-corrected chi connectivity index (χ0v) is 13.5. The summed E-state index contributed by atoms with van der Waals surface area (Å²) >= 11 is 0. The standard InChI is InChI=1S/C11H9N3O.C6H10O4/c15-11(9-4-3-6-12-8-9)14-10-5-1-2-7-13-10;7-5(8)3-1-2-4-6(9)10/h1-8H,(H,13,14,15);1-4H2,(H,7,8)(H,9,10). The van der Waals surface area contributed by atoms with Gasteiger partial charge in [0.15, 0.2) is 0 Å². The van der Waals surface area contributed by atoms with Gasteiger partial charge in [0.25, 0.3) is 5.91 Å². The molecule has 8 nitrogen and oxygen atoms in total. The number of nitrogens with zero attached hydrogens (tertiary/aromatic N) is 2. The number of rotatable bonds is 7. The highest BCUT2D eigenvalue weighted by Gasteiger charge is 2.05. The Bertz CT molecular complexity index is 661. The maximum atomic E-state index is 11.6. The van der Waals surface area contributed by atoms with Crippen LogP contribution in [0.1, 0.15) is 36.0 Å². The van der Waals surface area contributed by atoms with E-state index in [9.17, 15) is 14.4 Å². The largest absolute Gasteiger partial charge is 0.481 e. The monoisotopic (exact) mass is 345 g/mol. The number of nitrogens with one attached hydrogen (secondary N) is 1. The fourth-order valence-corrected chi connectivity index (χ4v) is 1.67. The Kier molecular flexibility index (Phi) is 8.91. The summed E-state index contributed by atoms with van der Waals surface area (Å²) in [4.78, 5) is 39.3. The molecule has 0 saturated heterocycles. The fourth-order valence-electron chi connectivity index (χ4n) is 1.67. The predicted octanol–water partition coefficient (Wildman–Crippen LogP) is 2.44. The zero-order valence-electron chi connectivity index (χ0n) is 13.5. The number of carbonyl (C=O) groups excluding carboxylic acids is 1. The second kappa shape index (κ2) is 11.3. The molecular formula is C17H19N3O5. The van der Waals surface area contributed by atoms with Crippen LogP contribution >= 0.6 is 0 Å². The number of anilines is 1. The molecule has 0 aromatic carbocycles. The third kappa shape index (κ3) is 9.44. The van der Waals surface area contributed by atoms with Gasteiger partial charge in [0, 0.05) is 31.4 Å². The molecule has 2 aromatic heterocycles. The van der Waals surface area contributed by atoms with Gasteiger partial charge in [-0.05, 0) is 37.1 Å².